The molecule has 1 unspecified atom stereocenters. The lowest BCUT2D eigenvalue weighted by Crippen LogP contribution is -2.26. The van der Waals surface area contributed by atoms with Crippen LogP contribution in [-0.2, 0) is 6.18 Å². The molecule has 1 atom stereocenters. The van der Waals surface area contributed by atoms with E-state index in [1.54, 1.807) is 4.90 Å². The molecular formula is C13H16F3N3O. The van der Waals surface area contributed by atoms with Gasteiger partial charge in [-0.2, -0.15) is 13.2 Å². The zero-order chi connectivity index (χ0) is 14.9. The molecular weight excluding hydrogens is 271 g/mol. The largest absolute Gasteiger partial charge is 0.433 e. The molecule has 20 heavy (non-hydrogen) atoms. The zero-order valence-electron chi connectivity index (χ0n) is 11.1. The first kappa shape index (κ1) is 14.6. The Bertz CT molecular complexity index is 516. The van der Waals surface area contributed by atoms with Gasteiger partial charge in [0.05, 0.1) is 5.56 Å². The van der Waals surface area contributed by atoms with Crippen molar-refractivity contribution >= 4 is 11.7 Å². The molecule has 1 aliphatic rings. The molecule has 4 nitrogen and oxygen atoms in total. The van der Waals surface area contributed by atoms with Gasteiger partial charge >= 0.3 is 6.18 Å². The number of alkyl halides is 3. The molecule has 1 fully saturated rings. The molecule has 1 aromatic heterocycles. The summed E-state index contributed by atoms with van der Waals surface area (Å²) in [7, 11) is 0. The fourth-order valence-electron chi connectivity index (χ4n) is 2.40. The number of primary amides is 1. The van der Waals surface area contributed by atoms with Crippen LogP contribution in [0.25, 0.3) is 0 Å². The van der Waals surface area contributed by atoms with Gasteiger partial charge in [0.25, 0.3) is 5.91 Å². The highest BCUT2D eigenvalue weighted by Crippen LogP contribution is 2.32. The van der Waals surface area contributed by atoms with Crippen LogP contribution in [0.3, 0.4) is 0 Å². The molecule has 1 saturated heterocycles. The number of hydrogen-bond donors (Lipinski definition) is 1. The van der Waals surface area contributed by atoms with Crippen molar-refractivity contribution in [1.82, 2.24) is 4.98 Å². The predicted molar refractivity (Wildman–Crippen MR) is 68.4 cm³/mol. The minimum absolute atomic E-state index is 0.0368. The number of rotatable bonds is 3. The number of carbonyl (C=O) groups excluding carboxylic acids is 1. The Labute approximate surface area is 114 Å². The van der Waals surface area contributed by atoms with Crippen LogP contribution in [-0.4, -0.2) is 24.0 Å². The van der Waals surface area contributed by atoms with Crippen molar-refractivity contribution in [3.63, 3.8) is 0 Å². The van der Waals surface area contributed by atoms with Gasteiger partial charge in [-0.1, -0.05) is 13.3 Å². The highest BCUT2D eigenvalue weighted by atomic mass is 19.4. The summed E-state index contributed by atoms with van der Waals surface area (Å²) < 4.78 is 38.2. The first-order chi connectivity index (χ1) is 9.32. The van der Waals surface area contributed by atoms with Gasteiger partial charge in [0.15, 0.2) is 0 Å². The molecule has 1 amide bonds. The average molecular weight is 287 g/mol. The second-order valence-corrected chi connectivity index (χ2v) is 4.94. The van der Waals surface area contributed by atoms with Crippen molar-refractivity contribution in [2.24, 2.45) is 11.7 Å². The van der Waals surface area contributed by atoms with Gasteiger partial charge in [-0.25, -0.2) is 4.98 Å². The summed E-state index contributed by atoms with van der Waals surface area (Å²) in [6, 6.07) is 1.89. The second-order valence-electron chi connectivity index (χ2n) is 4.94. The van der Waals surface area contributed by atoms with Crippen molar-refractivity contribution in [1.29, 1.82) is 0 Å². The molecule has 1 aliphatic heterocycles. The van der Waals surface area contributed by atoms with E-state index in [9.17, 15) is 18.0 Å². The highest BCUT2D eigenvalue weighted by Gasteiger charge is 2.35. The number of nitrogens with two attached hydrogens (primary N) is 1. The van der Waals surface area contributed by atoms with Crippen molar-refractivity contribution < 1.29 is 18.0 Å². The SMILES string of the molecule is CCC1CCN(c2nc(C(F)(F)F)ccc2C(N)=O)C1. The van der Waals surface area contributed by atoms with Gasteiger partial charge in [-0.3, -0.25) is 4.79 Å². The van der Waals surface area contributed by atoms with Crippen LogP contribution in [0.2, 0.25) is 0 Å². The molecule has 7 heteroatoms. The molecule has 2 rings (SSSR count). The highest BCUT2D eigenvalue weighted by molar-refractivity contribution is 5.97. The van der Waals surface area contributed by atoms with E-state index >= 15 is 0 Å². The first-order valence-corrected chi connectivity index (χ1v) is 6.46. The van der Waals surface area contributed by atoms with Gasteiger partial charge in [0, 0.05) is 13.1 Å². The first-order valence-electron chi connectivity index (χ1n) is 6.46. The number of pyridine rings is 1. The standard InChI is InChI=1S/C13H16F3N3O/c1-2-8-5-6-19(7-8)12-9(11(17)20)3-4-10(18-12)13(14,15)16/h3-4,8H,2,5-7H2,1H3,(H2,17,20). The second kappa shape index (κ2) is 5.30. The molecule has 0 bridgehead atoms. The lowest BCUT2D eigenvalue weighted by molar-refractivity contribution is -0.141. The van der Waals surface area contributed by atoms with E-state index in [0.717, 1.165) is 25.0 Å². The molecule has 110 valence electrons. The van der Waals surface area contributed by atoms with Gasteiger partial charge in [-0.05, 0) is 24.5 Å². The van der Waals surface area contributed by atoms with E-state index in [4.69, 9.17) is 5.73 Å². The van der Waals surface area contributed by atoms with Crippen LogP contribution in [0, 0.1) is 5.92 Å². The molecule has 0 aliphatic carbocycles. The molecule has 0 aromatic carbocycles. The Morgan fingerprint density at radius 1 is 1.50 bits per heavy atom. The van der Waals surface area contributed by atoms with Crippen molar-refractivity contribution in [2.75, 3.05) is 18.0 Å². The Balaban J connectivity index is 2.40. The monoisotopic (exact) mass is 287 g/mol. The van der Waals surface area contributed by atoms with E-state index in [2.05, 4.69) is 4.98 Å². The third kappa shape index (κ3) is 2.86. The molecule has 0 saturated carbocycles. The molecule has 2 heterocycles. The molecule has 1 aromatic rings. The van der Waals surface area contributed by atoms with Gasteiger partial charge in [0.1, 0.15) is 11.5 Å². The number of aromatic nitrogens is 1. The summed E-state index contributed by atoms with van der Waals surface area (Å²) >= 11 is 0. The summed E-state index contributed by atoms with van der Waals surface area (Å²) in [4.78, 5) is 16.7. The van der Waals surface area contributed by atoms with Crippen LogP contribution in [0.4, 0.5) is 19.0 Å². The number of amides is 1. The Morgan fingerprint density at radius 2 is 2.20 bits per heavy atom. The van der Waals surface area contributed by atoms with Crippen molar-refractivity contribution in [2.45, 2.75) is 25.9 Å². The quantitative estimate of drug-likeness (QED) is 0.929. The molecule has 0 spiro atoms. The normalized spacial score (nSPS) is 19.4. The van der Waals surface area contributed by atoms with E-state index in [1.165, 1.54) is 0 Å². The number of carbonyl (C=O) groups is 1. The zero-order valence-corrected chi connectivity index (χ0v) is 11.1. The summed E-state index contributed by atoms with van der Waals surface area (Å²) in [5, 5.41) is 0. The minimum atomic E-state index is -4.53. The smallest absolute Gasteiger partial charge is 0.365 e. The number of halogens is 3. The molecule has 2 N–H and O–H groups in total. The fraction of sp³-hybridized carbons (Fsp3) is 0.538. The number of anilines is 1. The third-order valence-electron chi connectivity index (χ3n) is 3.59. The van der Waals surface area contributed by atoms with E-state index in [-0.39, 0.29) is 11.4 Å². The third-order valence-corrected chi connectivity index (χ3v) is 3.59. The van der Waals surface area contributed by atoms with Crippen LogP contribution in [0.15, 0.2) is 12.1 Å². The van der Waals surface area contributed by atoms with E-state index in [0.29, 0.717) is 19.0 Å². The lowest BCUT2D eigenvalue weighted by Gasteiger charge is -2.21. The van der Waals surface area contributed by atoms with Gasteiger partial charge < -0.3 is 10.6 Å². The number of hydrogen-bond acceptors (Lipinski definition) is 3. The number of nitrogens with zero attached hydrogens (tertiary/aromatic N) is 2. The van der Waals surface area contributed by atoms with Crippen LogP contribution < -0.4 is 10.6 Å². The van der Waals surface area contributed by atoms with E-state index in [1.807, 2.05) is 6.92 Å². The van der Waals surface area contributed by atoms with Gasteiger partial charge in [0.2, 0.25) is 0 Å². The topological polar surface area (TPSA) is 59.2 Å². The fourth-order valence-corrected chi connectivity index (χ4v) is 2.40. The summed E-state index contributed by atoms with van der Waals surface area (Å²) in [5.74, 6) is -0.309. The minimum Gasteiger partial charge on any atom is -0.365 e. The molecule has 0 radical (unpaired) electrons. The van der Waals surface area contributed by atoms with Gasteiger partial charge in [-0.15, -0.1) is 0 Å². The van der Waals surface area contributed by atoms with Crippen LogP contribution in [0.1, 0.15) is 35.8 Å². The van der Waals surface area contributed by atoms with E-state index < -0.39 is 17.8 Å². The maximum Gasteiger partial charge on any atom is 0.433 e. The Hall–Kier alpha value is -1.79. The Kier molecular flexibility index (Phi) is 3.87. The van der Waals surface area contributed by atoms with Crippen LogP contribution in [0.5, 0.6) is 0 Å². The van der Waals surface area contributed by atoms with Crippen molar-refractivity contribution in [3.8, 4) is 0 Å². The average Bonchev–Trinajstić information content (AvgIpc) is 2.85. The Morgan fingerprint density at radius 3 is 2.70 bits per heavy atom. The lowest BCUT2D eigenvalue weighted by atomic mass is 10.1. The predicted octanol–water partition coefficient (Wildman–Crippen LogP) is 2.44. The van der Waals surface area contributed by atoms with Crippen molar-refractivity contribution in [3.05, 3.63) is 23.4 Å². The maximum absolute atomic E-state index is 12.7. The summed E-state index contributed by atoms with van der Waals surface area (Å²) in [6.07, 6.45) is -2.71. The van der Waals surface area contributed by atoms with Crippen LogP contribution >= 0.6 is 0 Å². The maximum atomic E-state index is 12.7. The summed E-state index contributed by atoms with van der Waals surface area (Å²) in [5.41, 5.74) is 4.26. The summed E-state index contributed by atoms with van der Waals surface area (Å²) in [6.45, 7) is 3.22.